The molecule has 0 spiro atoms. The summed E-state index contributed by atoms with van der Waals surface area (Å²) in [6.07, 6.45) is 4.53. The van der Waals surface area contributed by atoms with Crippen LogP contribution in [0.4, 0.5) is 0 Å². The van der Waals surface area contributed by atoms with Gasteiger partial charge in [-0.25, -0.2) is 9.66 Å². The standard InChI is InChI=1S/C25H22N6S/c1-17-6-8-19(9-7-17)23-16-21(20-4-2-3-5-22(20)28-23)24-29-30-25(31(24)26)32-15-12-18-10-13-27-14-11-18/h2-11,13-14,16H,12,15,26H2,1H3. The fraction of sp³-hybridized carbons (Fsp3) is 0.120. The molecule has 0 saturated carbocycles. The zero-order valence-corrected chi connectivity index (χ0v) is 18.5. The maximum atomic E-state index is 6.45. The zero-order chi connectivity index (χ0) is 21.9. The monoisotopic (exact) mass is 438 g/mol. The Bertz CT molecular complexity index is 1360. The molecule has 0 atom stereocenters. The van der Waals surface area contributed by atoms with Crippen LogP contribution >= 0.6 is 11.8 Å². The van der Waals surface area contributed by atoms with Crippen molar-refractivity contribution >= 4 is 22.7 Å². The summed E-state index contributed by atoms with van der Waals surface area (Å²) in [6.45, 7) is 2.08. The van der Waals surface area contributed by atoms with Crippen molar-refractivity contribution < 1.29 is 0 Å². The number of fused-ring (bicyclic) bond motifs is 1. The van der Waals surface area contributed by atoms with E-state index in [1.54, 1.807) is 16.4 Å². The van der Waals surface area contributed by atoms with Gasteiger partial charge in [0.1, 0.15) is 0 Å². The third-order valence-corrected chi connectivity index (χ3v) is 6.29. The van der Waals surface area contributed by atoms with Crippen LogP contribution in [-0.4, -0.2) is 30.6 Å². The molecule has 6 nitrogen and oxygen atoms in total. The zero-order valence-electron chi connectivity index (χ0n) is 17.6. The number of hydrogen-bond acceptors (Lipinski definition) is 6. The number of benzene rings is 2. The molecule has 2 aromatic carbocycles. The molecule has 0 fully saturated rings. The quantitative estimate of drug-likeness (QED) is 0.300. The third kappa shape index (κ3) is 4.07. The molecule has 3 heterocycles. The molecule has 3 aromatic heterocycles. The second kappa shape index (κ2) is 8.80. The van der Waals surface area contributed by atoms with Gasteiger partial charge in [-0.05, 0) is 43.2 Å². The lowest BCUT2D eigenvalue weighted by Crippen LogP contribution is -2.12. The summed E-state index contributed by atoms with van der Waals surface area (Å²) in [6, 6.07) is 22.5. The van der Waals surface area contributed by atoms with Crippen molar-refractivity contribution in [2.75, 3.05) is 11.6 Å². The highest BCUT2D eigenvalue weighted by Crippen LogP contribution is 2.32. The molecule has 32 heavy (non-hydrogen) atoms. The fourth-order valence-electron chi connectivity index (χ4n) is 3.60. The summed E-state index contributed by atoms with van der Waals surface area (Å²) < 4.78 is 1.58. The second-order valence-electron chi connectivity index (χ2n) is 7.57. The highest BCUT2D eigenvalue weighted by Gasteiger charge is 2.17. The van der Waals surface area contributed by atoms with E-state index in [4.69, 9.17) is 10.8 Å². The van der Waals surface area contributed by atoms with Gasteiger partial charge in [-0.1, -0.05) is 59.8 Å². The van der Waals surface area contributed by atoms with Crippen LogP contribution in [0.1, 0.15) is 11.1 Å². The van der Waals surface area contributed by atoms with Gasteiger partial charge in [-0.15, -0.1) is 10.2 Å². The van der Waals surface area contributed by atoms with Gasteiger partial charge >= 0.3 is 0 Å². The smallest absolute Gasteiger partial charge is 0.210 e. The van der Waals surface area contributed by atoms with Crippen LogP contribution in [0.15, 0.2) is 84.3 Å². The van der Waals surface area contributed by atoms with Crippen LogP contribution in [0, 0.1) is 6.92 Å². The lowest BCUT2D eigenvalue weighted by molar-refractivity contribution is 0.849. The van der Waals surface area contributed by atoms with Crippen LogP contribution in [0.25, 0.3) is 33.5 Å². The number of rotatable bonds is 6. The molecule has 2 N–H and O–H groups in total. The SMILES string of the molecule is Cc1ccc(-c2cc(-c3nnc(SCCc4ccncc4)n3N)c3ccccc3n2)cc1. The van der Waals surface area contributed by atoms with Gasteiger partial charge in [-0.2, -0.15) is 0 Å². The van der Waals surface area contributed by atoms with E-state index in [2.05, 4.69) is 46.4 Å². The van der Waals surface area contributed by atoms with Crippen LogP contribution in [-0.2, 0) is 6.42 Å². The van der Waals surface area contributed by atoms with Crippen molar-refractivity contribution in [2.24, 2.45) is 0 Å². The molecule has 0 unspecified atom stereocenters. The summed E-state index contributed by atoms with van der Waals surface area (Å²) in [5.41, 5.74) is 6.20. The van der Waals surface area contributed by atoms with E-state index < -0.39 is 0 Å². The minimum absolute atomic E-state index is 0.628. The normalized spacial score (nSPS) is 11.2. The highest BCUT2D eigenvalue weighted by atomic mass is 32.2. The van der Waals surface area contributed by atoms with E-state index >= 15 is 0 Å². The van der Waals surface area contributed by atoms with Crippen molar-refractivity contribution in [2.45, 2.75) is 18.5 Å². The predicted molar refractivity (Wildman–Crippen MR) is 130 cm³/mol. The summed E-state index contributed by atoms with van der Waals surface area (Å²) in [5, 5.41) is 10.5. The summed E-state index contributed by atoms with van der Waals surface area (Å²) in [7, 11) is 0. The average molecular weight is 439 g/mol. The van der Waals surface area contributed by atoms with E-state index in [9.17, 15) is 0 Å². The Morgan fingerprint density at radius 2 is 1.72 bits per heavy atom. The molecule has 0 radical (unpaired) electrons. The minimum atomic E-state index is 0.628. The number of aromatic nitrogens is 5. The van der Waals surface area contributed by atoms with Crippen molar-refractivity contribution in [1.82, 2.24) is 24.8 Å². The number of thioether (sulfide) groups is 1. The Morgan fingerprint density at radius 3 is 2.53 bits per heavy atom. The van der Waals surface area contributed by atoms with Crippen molar-refractivity contribution in [3.8, 4) is 22.6 Å². The molecule has 0 aliphatic rings. The molecule has 7 heteroatoms. The van der Waals surface area contributed by atoms with Crippen LogP contribution in [0.2, 0.25) is 0 Å². The molecule has 5 aromatic rings. The Hall–Kier alpha value is -3.71. The number of hydrogen-bond donors (Lipinski definition) is 1. The Balaban J connectivity index is 1.49. The Labute approximate surface area is 190 Å². The lowest BCUT2D eigenvalue weighted by Gasteiger charge is -2.10. The highest BCUT2D eigenvalue weighted by molar-refractivity contribution is 7.99. The third-order valence-electron chi connectivity index (χ3n) is 5.34. The lowest BCUT2D eigenvalue weighted by atomic mass is 10.0. The molecule has 0 amide bonds. The molecule has 0 bridgehead atoms. The molecule has 0 aliphatic heterocycles. The number of pyridine rings is 2. The van der Waals surface area contributed by atoms with Crippen molar-refractivity contribution in [1.29, 1.82) is 0 Å². The predicted octanol–water partition coefficient (Wildman–Crippen LogP) is 4.91. The second-order valence-corrected chi connectivity index (χ2v) is 8.63. The largest absolute Gasteiger partial charge is 0.335 e. The first-order chi connectivity index (χ1) is 15.7. The molecular weight excluding hydrogens is 416 g/mol. The van der Waals surface area contributed by atoms with E-state index in [1.807, 2.05) is 54.9 Å². The minimum Gasteiger partial charge on any atom is -0.335 e. The molecule has 5 rings (SSSR count). The van der Waals surface area contributed by atoms with Gasteiger partial charge < -0.3 is 5.84 Å². The first-order valence-corrected chi connectivity index (χ1v) is 11.4. The van der Waals surface area contributed by atoms with Crippen LogP contribution in [0.5, 0.6) is 0 Å². The van der Waals surface area contributed by atoms with Crippen LogP contribution < -0.4 is 5.84 Å². The first kappa shape index (κ1) is 20.2. The van der Waals surface area contributed by atoms with Crippen LogP contribution in [0.3, 0.4) is 0 Å². The van der Waals surface area contributed by atoms with Crippen molar-refractivity contribution in [3.63, 3.8) is 0 Å². The Kier molecular flexibility index (Phi) is 5.56. The molecular formula is C25H22N6S. The summed E-state index contributed by atoms with van der Waals surface area (Å²) >= 11 is 1.59. The number of aryl methyl sites for hydroxylation is 2. The van der Waals surface area contributed by atoms with E-state index in [0.717, 1.165) is 39.9 Å². The molecule has 0 aliphatic carbocycles. The summed E-state index contributed by atoms with van der Waals surface area (Å²) in [4.78, 5) is 8.93. The van der Waals surface area contributed by atoms with E-state index in [0.29, 0.717) is 11.0 Å². The van der Waals surface area contributed by atoms with E-state index in [-0.39, 0.29) is 0 Å². The number of nitrogens with two attached hydrogens (primary N) is 1. The maximum Gasteiger partial charge on any atom is 0.210 e. The number of nitrogen functional groups attached to an aromatic ring is 1. The average Bonchev–Trinajstić information content (AvgIpc) is 3.19. The molecule has 0 saturated heterocycles. The van der Waals surface area contributed by atoms with Gasteiger partial charge in [0.2, 0.25) is 5.16 Å². The molecule has 158 valence electrons. The first-order valence-electron chi connectivity index (χ1n) is 10.4. The summed E-state index contributed by atoms with van der Waals surface area (Å²) in [5.74, 6) is 7.94. The topological polar surface area (TPSA) is 82.5 Å². The van der Waals surface area contributed by atoms with Gasteiger partial charge in [0.05, 0.1) is 11.2 Å². The van der Waals surface area contributed by atoms with E-state index in [1.165, 1.54) is 11.1 Å². The number of nitrogens with zero attached hydrogens (tertiary/aromatic N) is 5. The van der Waals surface area contributed by atoms with Gasteiger partial charge in [0, 0.05) is 34.7 Å². The maximum absolute atomic E-state index is 6.45. The van der Waals surface area contributed by atoms with Gasteiger partial charge in [0.15, 0.2) is 5.82 Å². The fourth-order valence-corrected chi connectivity index (χ4v) is 4.45. The van der Waals surface area contributed by atoms with Gasteiger partial charge in [0.25, 0.3) is 0 Å². The Morgan fingerprint density at radius 1 is 0.938 bits per heavy atom. The number of para-hydroxylation sites is 1. The van der Waals surface area contributed by atoms with Crippen molar-refractivity contribution in [3.05, 3.63) is 90.3 Å². The van der Waals surface area contributed by atoms with Gasteiger partial charge in [-0.3, -0.25) is 4.98 Å².